The van der Waals surface area contributed by atoms with Crippen molar-refractivity contribution in [3.8, 4) is 0 Å². The molecule has 0 saturated carbocycles. The van der Waals surface area contributed by atoms with Gasteiger partial charge in [0.15, 0.2) is 0 Å². The largest absolute Gasteiger partial charge is 0.375 e. The number of aryl methyl sites for hydroxylation is 1. The lowest BCUT2D eigenvalue weighted by Crippen LogP contribution is -2.05. The van der Waals surface area contributed by atoms with Crippen molar-refractivity contribution in [2.75, 3.05) is 7.11 Å². The van der Waals surface area contributed by atoms with Crippen LogP contribution in [0.4, 0.5) is 0 Å². The van der Waals surface area contributed by atoms with E-state index < -0.39 is 0 Å². The van der Waals surface area contributed by atoms with Crippen molar-refractivity contribution in [2.24, 2.45) is 0 Å². The Kier molecular flexibility index (Phi) is 4.19. The first-order valence-electron chi connectivity index (χ1n) is 5.69. The summed E-state index contributed by atoms with van der Waals surface area (Å²) in [4.78, 5) is 4.57. The van der Waals surface area contributed by atoms with E-state index >= 15 is 0 Å². The molecule has 0 aliphatic heterocycles. The van der Waals surface area contributed by atoms with Crippen LogP contribution in [-0.2, 0) is 11.3 Å². The molecule has 18 heavy (non-hydrogen) atoms. The highest BCUT2D eigenvalue weighted by atomic mass is 79.9. The molecule has 0 aromatic carbocycles. The first-order chi connectivity index (χ1) is 8.52. The number of nitrogens with zero attached hydrogens (tertiary/aromatic N) is 3. The smallest absolute Gasteiger partial charge is 0.122 e. The van der Waals surface area contributed by atoms with Gasteiger partial charge < -0.3 is 4.74 Å². The molecule has 0 radical (unpaired) electrons. The molecule has 2 rings (SSSR count). The maximum atomic E-state index is 5.26. The molecule has 0 saturated heterocycles. The van der Waals surface area contributed by atoms with E-state index in [1.807, 2.05) is 18.5 Å². The molecule has 2 aromatic heterocycles. The van der Waals surface area contributed by atoms with E-state index in [1.54, 1.807) is 18.4 Å². The Balaban J connectivity index is 2.19. The number of halogens is 1. The van der Waals surface area contributed by atoms with Gasteiger partial charge in [0.1, 0.15) is 11.1 Å². The molecule has 0 aliphatic rings. The SMILES string of the molecule is CO[C@H](C)c1nc(Cn2nc(C)c(Br)c2C)cs1. The first-order valence-corrected chi connectivity index (χ1v) is 7.36. The van der Waals surface area contributed by atoms with Crippen molar-refractivity contribution < 1.29 is 4.74 Å². The van der Waals surface area contributed by atoms with Gasteiger partial charge in [-0.2, -0.15) is 5.10 Å². The number of hydrogen-bond acceptors (Lipinski definition) is 4. The molecule has 98 valence electrons. The number of rotatable bonds is 4. The average Bonchev–Trinajstić information content (AvgIpc) is 2.91. The molecular formula is C12H16BrN3OS. The zero-order chi connectivity index (χ0) is 13.3. The van der Waals surface area contributed by atoms with Crippen LogP contribution < -0.4 is 0 Å². The van der Waals surface area contributed by atoms with E-state index in [1.165, 1.54) is 0 Å². The highest BCUT2D eigenvalue weighted by Crippen LogP contribution is 2.23. The molecule has 0 unspecified atom stereocenters. The van der Waals surface area contributed by atoms with Crippen LogP contribution in [0.25, 0.3) is 0 Å². The zero-order valence-electron chi connectivity index (χ0n) is 10.9. The summed E-state index contributed by atoms with van der Waals surface area (Å²) in [5.41, 5.74) is 3.16. The van der Waals surface area contributed by atoms with Gasteiger partial charge in [0.05, 0.1) is 28.1 Å². The lowest BCUT2D eigenvalue weighted by atomic mass is 10.4. The second-order valence-corrected chi connectivity index (χ2v) is 5.88. The number of aromatic nitrogens is 3. The number of hydrogen-bond donors (Lipinski definition) is 0. The zero-order valence-corrected chi connectivity index (χ0v) is 13.3. The van der Waals surface area contributed by atoms with Crippen LogP contribution in [0.1, 0.15) is 35.1 Å². The first kappa shape index (κ1) is 13.7. The second-order valence-electron chi connectivity index (χ2n) is 4.20. The van der Waals surface area contributed by atoms with Gasteiger partial charge >= 0.3 is 0 Å². The number of thiazole rings is 1. The standard InChI is InChI=1S/C12H16BrN3OS/c1-7-11(13)8(2)16(15-7)5-10-6-18-12(14-10)9(3)17-4/h6,9H,5H2,1-4H3/t9-/m1/s1. The van der Waals surface area contributed by atoms with Crippen LogP contribution in [0.5, 0.6) is 0 Å². The third kappa shape index (κ3) is 2.65. The molecule has 4 nitrogen and oxygen atoms in total. The molecule has 0 spiro atoms. The van der Waals surface area contributed by atoms with E-state index in [9.17, 15) is 0 Å². The minimum absolute atomic E-state index is 0.0518. The summed E-state index contributed by atoms with van der Waals surface area (Å²) in [6, 6.07) is 0. The normalized spacial score (nSPS) is 12.9. The number of methoxy groups -OCH3 is 1. The van der Waals surface area contributed by atoms with Crippen molar-refractivity contribution in [1.29, 1.82) is 0 Å². The fourth-order valence-electron chi connectivity index (χ4n) is 1.67. The van der Waals surface area contributed by atoms with Crippen LogP contribution in [0, 0.1) is 13.8 Å². The summed E-state index contributed by atoms with van der Waals surface area (Å²) in [5.74, 6) is 0. The predicted molar refractivity (Wildman–Crippen MR) is 76.0 cm³/mol. The van der Waals surface area contributed by atoms with E-state index in [0.29, 0.717) is 6.54 Å². The summed E-state index contributed by atoms with van der Waals surface area (Å²) in [5, 5.41) is 7.55. The molecule has 2 aromatic rings. The third-order valence-electron chi connectivity index (χ3n) is 2.88. The molecule has 0 bridgehead atoms. The molecule has 0 aliphatic carbocycles. The molecular weight excluding hydrogens is 314 g/mol. The van der Waals surface area contributed by atoms with Crippen molar-refractivity contribution in [3.05, 3.63) is 31.9 Å². The summed E-state index contributed by atoms with van der Waals surface area (Å²) in [6.07, 6.45) is 0.0518. The van der Waals surface area contributed by atoms with Crippen molar-refractivity contribution in [1.82, 2.24) is 14.8 Å². The summed E-state index contributed by atoms with van der Waals surface area (Å²) in [7, 11) is 1.70. The van der Waals surface area contributed by atoms with Gasteiger partial charge in [-0.1, -0.05) is 0 Å². The van der Waals surface area contributed by atoms with Gasteiger partial charge in [-0.3, -0.25) is 4.68 Å². The Morgan fingerprint density at radius 1 is 1.50 bits per heavy atom. The molecule has 0 N–H and O–H groups in total. The van der Waals surface area contributed by atoms with Crippen LogP contribution in [-0.4, -0.2) is 21.9 Å². The maximum Gasteiger partial charge on any atom is 0.122 e. The molecule has 2 heterocycles. The highest BCUT2D eigenvalue weighted by Gasteiger charge is 2.12. The second kappa shape index (κ2) is 5.50. The van der Waals surface area contributed by atoms with Gasteiger partial charge in [0.25, 0.3) is 0 Å². The molecule has 1 atom stereocenters. The topological polar surface area (TPSA) is 39.9 Å². The van der Waals surface area contributed by atoms with Crippen LogP contribution >= 0.6 is 27.3 Å². The van der Waals surface area contributed by atoms with Crippen LogP contribution in [0.3, 0.4) is 0 Å². The Morgan fingerprint density at radius 2 is 2.22 bits per heavy atom. The van der Waals surface area contributed by atoms with Gasteiger partial charge in [0, 0.05) is 12.5 Å². The van der Waals surface area contributed by atoms with Gasteiger partial charge in [-0.05, 0) is 36.7 Å². The molecule has 6 heteroatoms. The van der Waals surface area contributed by atoms with Gasteiger partial charge in [0.2, 0.25) is 0 Å². The van der Waals surface area contributed by atoms with Gasteiger partial charge in [-0.15, -0.1) is 11.3 Å². The van der Waals surface area contributed by atoms with E-state index in [-0.39, 0.29) is 6.10 Å². The van der Waals surface area contributed by atoms with Crippen LogP contribution in [0.15, 0.2) is 9.85 Å². The third-order valence-corrected chi connectivity index (χ3v) is 5.08. The van der Waals surface area contributed by atoms with Gasteiger partial charge in [-0.25, -0.2) is 4.98 Å². The Labute approximate surface area is 119 Å². The summed E-state index contributed by atoms with van der Waals surface area (Å²) in [6.45, 7) is 6.75. The van der Waals surface area contributed by atoms with E-state index in [2.05, 4.69) is 38.3 Å². The van der Waals surface area contributed by atoms with E-state index in [4.69, 9.17) is 4.74 Å². The minimum Gasteiger partial charge on any atom is -0.375 e. The predicted octanol–water partition coefficient (Wildman–Crippen LogP) is 3.47. The minimum atomic E-state index is 0.0518. The average molecular weight is 330 g/mol. The molecule has 0 fully saturated rings. The number of ether oxygens (including phenoxy) is 1. The lowest BCUT2D eigenvalue weighted by molar-refractivity contribution is 0.119. The monoisotopic (exact) mass is 329 g/mol. The highest BCUT2D eigenvalue weighted by molar-refractivity contribution is 9.10. The maximum absolute atomic E-state index is 5.26. The van der Waals surface area contributed by atoms with E-state index in [0.717, 1.165) is 26.6 Å². The van der Waals surface area contributed by atoms with Crippen molar-refractivity contribution >= 4 is 27.3 Å². The van der Waals surface area contributed by atoms with Crippen molar-refractivity contribution in [2.45, 2.75) is 33.4 Å². The van der Waals surface area contributed by atoms with Crippen LogP contribution in [0.2, 0.25) is 0 Å². The Hall–Kier alpha value is -0.720. The Morgan fingerprint density at radius 3 is 2.78 bits per heavy atom. The lowest BCUT2D eigenvalue weighted by Gasteiger charge is -2.04. The van der Waals surface area contributed by atoms with Crippen molar-refractivity contribution in [3.63, 3.8) is 0 Å². The summed E-state index contributed by atoms with van der Waals surface area (Å²) >= 11 is 5.16. The Bertz CT molecular complexity index is 550. The fourth-order valence-corrected chi connectivity index (χ4v) is 2.79. The fraction of sp³-hybridized carbons (Fsp3) is 0.500. The quantitative estimate of drug-likeness (QED) is 0.862. The summed E-state index contributed by atoms with van der Waals surface area (Å²) < 4.78 is 8.31. The molecule has 0 amide bonds.